The van der Waals surface area contributed by atoms with Crippen molar-refractivity contribution in [1.82, 2.24) is 9.69 Å². The zero-order valence-electron chi connectivity index (χ0n) is 19.2. The fraction of sp³-hybridized carbons (Fsp3) is 0.308. The summed E-state index contributed by atoms with van der Waals surface area (Å²) in [5.74, 6) is -1.55. The Bertz CT molecular complexity index is 1270. The van der Waals surface area contributed by atoms with Crippen LogP contribution in [0.5, 0.6) is 0 Å². The molecule has 9 heteroatoms. The number of aryl methyl sites for hydroxylation is 1. The van der Waals surface area contributed by atoms with Gasteiger partial charge in [-0.15, -0.1) is 0 Å². The van der Waals surface area contributed by atoms with E-state index in [0.29, 0.717) is 18.5 Å². The number of nitrogens with zero attached hydrogens (tertiary/aromatic N) is 1. The minimum Gasteiger partial charge on any atom is -0.478 e. The van der Waals surface area contributed by atoms with Crippen molar-refractivity contribution in [3.05, 3.63) is 70.9 Å². The Balaban J connectivity index is 1.22. The number of carbonyl (C=O) groups is 3. The van der Waals surface area contributed by atoms with Crippen LogP contribution < -0.4 is 10.6 Å². The molecule has 0 radical (unpaired) electrons. The highest BCUT2D eigenvalue weighted by Gasteiger charge is 2.41. The number of hydrogen-bond acceptors (Lipinski definition) is 6. The van der Waals surface area contributed by atoms with Crippen molar-refractivity contribution >= 4 is 34.5 Å². The normalized spacial score (nSPS) is 15.5. The molecule has 1 aromatic heterocycles. The maximum absolute atomic E-state index is 12.8. The minimum absolute atomic E-state index is 0.00416. The number of ether oxygens (including phenoxy) is 1. The van der Waals surface area contributed by atoms with Gasteiger partial charge in [-0.3, -0.25) is 4.79 Å². The Morgan fingerprint density at radius 2 is 1.71 bits per heavy atom. The van der Waals surface area contributed by atoms with Crippen LogP contribution in [0.15, 0.2) is 48.5 Å². The molecule has 2 aliphatic rings. The molecule has 1 heterocycles. The number of carbonyl (C=O) groups excluding carboxylic acids is 2. The number of hydrogen-bond donors (Lipinski definition) is 3. The Morgan fingerprint density at radius 1 is 1.09 bits per heavy atom. The monoisotopic (exact) mass is 491 g/mol. The first kappa shape index (κ1) is 23.0. The highest BCUT2D eigenvalue weighted by Crippen LogP contribution is 2.44. The summed E-state index contributed by atoms with van der Waals surface area (Å²) in [4.78, 5) is 36.9. The van der Waals surface area contributed by atoms with Gasteiger partial charge < -0.3 is 20.5 Å². The van der Waals surface area contributed by atoms with Gasteiger partial charge in [-0.25, -0.2) is 9.59 Å². The van der Waals surface area contributed by atoms with Gasteiger partial charge in [-0.1, -0.05) is 48.5 Å². The summed E-state index contributed by atoms with van der Waals surface area (Å²) in [6.45, 7) is 1.78. The highest BCUT2D eigenvalue weighted by molar-refractivity contribution is 7.11. The summed E-state index contributed by atoms with van der Waals surface area (Å²) in [5, 5.41) is 15.1. The van der Waals surface area contributed by atoms with Gasteiger partial charge in [0.2, 0.25) is 5.91 Å². The molecular formula is C26H25N3O5S. The van der Waals surface area contributed by atoms with Crippen molar-refractivity contribution in [2.24, 2.45) is 0 Å². The van der Waals surface area contributed by atoms with Gasteiger partial charge in [0.05, 0.1) is 17.7 Å². The molecule has 0 atom stereocenters. The molecule has 8 nitrogen and oxygen atoms in total. The molecular weight excluding hydrogens is 466 g/mol. The van der Waals surface area contributed by atoms with Gasteiger partial charge in [0.15, 0.2) is 0 Å². The molecule has 35 heavy (non-hydrogen) atoms. The number of aromatic carboxylic acids is 1. The van der Waals surface area contributed by atoms with E-state index in [0.717, 1.165) is 40.2 Å². The summed E-state index contributed by atoms with van der Waals surface area (Å²) in [6, 6.07) is 16.3. The van der Waals surface area contributed by atoms with E-state index in [1.807, 2.05) is 24.3 Å². The van der Waals surface area contributed by atoms with Gasteiger partial charge >= 0.3 is 12.1 Å². The number of carboxylic acid groups (broad SMARTS) is 1. The number of benzene rings is 2. The van der Waals surface area contributed by atoms with Crippen LogP contribution in [0.4, 0.5) is 9.80 Å². The number of aromatic nitrogens is 1. The number of amides is 2. The molecule has 0 saturated heterocycles. The van der Waals surface area contributed by atoms with E-state index in [4.69, 9.17) is 4.74 Å². The van der Waals surface area contributed by atoms with E-state index in [2.05, 4.69) is 39.3 Å². The molecule has 2 aliphatic carbocycles. The predicted octanol–water partition coefficient (Wildman–Crippen LogP) is 4.94. The van der Waals surface area contributed by atoms with Crippen molar-refractivity contribution in [1.29, 1.82) is 0 Å². The van der Waals surface area contributed by atoms with Crippen LogP contribution in [-0.4, -0.2) is 39.6 Å². The SMILES string of the molecule is Cc1nsc(NC(=O)CC2(NC(=O)OCC3c4ccccc4-c4ccccc43)CCC2)c1C(=O)O. The predicted molar refractivity (Wildman–Crippen MR) is 132 cm³/mol. The van der Waals surface area contributed by atoms with Crippen molar-refractivity contribution in [3.63, 3.8) is 0 Å². The number of anilines is 1. The summed E-state index contributed by atoms with van der Waals surface area (Å²) < 4.78 is 9.68. The third kappa shape index (κ3) is 4.39. The first-order valence-corrected chi connectivity index (χ1v) is 12.3. The minimum atomic E-state index is -1.14. The van der Waals surface area contributed by atoms with Crippen LogP contribution in [0, 0.1) is 6.92 Å². The van der Waals surface area contributed by atoms with Crippen LogP contribution in [0.25, 0.3) is 11.1 Å². The average Bonchev–Trinajstić information content (AvgIpc) is 3.33. The molecule has 0 bridgehead atoms. The Labute approximate surface area is 206 Å². The van der Waals surface area contributed by atoms with Gasteiger partial charge in [-0.05, 0) is 60.0 Å². The van der Waals surface area contributed by atoms with Crippen LogP contribution in [-0.2, 0) is 9.53 Å². The van der Waals surface area contributed by atoms with Gasteiger partial charge in [0, 0.05) is 5.92 Å². The lowest BCUT2D eigenvalue weighted by Gasteiger charge is -2.41. The fourth-order valence-corrected chi connectivity index (χ4v) is 5.79. The largest absolute Gasteiger partial charge is 0.478 e. The van der Waals surface area contributed by atoms with E-state index in [1.165, 1.54) is 0 Å². The van der Waals surface area contributed by atoms with Crippen LogP contribution >= 0.6 is 11.5 Å². The number of fused-ring (bicyclic) bond motifs is 3. The molecule has 180 valence electrons. The Morgan fingerprint density at radius 3 is 2.29 bits per heavy atom. The molecule has 0 aliphatic heterocycles. The maximum Gasteiger partial charge on any atom is 0.407 e. The van der Waals surface area contributed by atoms with E-state index < -0.39 is 17.6 Å². The Kier molecular flexibility index (Phi) is 6.02. The number of rotatable bonds is 7. The standard InChI is InChI=1S/C26H25N3O5S/c1-15-22(24(31)32)23(35-29-15)27-21(30)13-26(11-6-12-26)28-25(33)34-14-20-18-9-4-2-7-16(18)17-8-3-5-10-19(17)20/h2-5,7-10,20H,6,11-14H2,1H3,(H,27,30)(H,28,33)(H,31,32). The number of alkyl carbamates (subject to hydrolysis) is 1. The van der Waals surface area contributed by atoms with Crippen molar-refractivity contribution in [2.45, 2.75) is 44.1 Å². The summed E-state index contributed by atoms with van der Waals surface area (Å²) in [5.41, 5.74) is 4.23. The number of nitrogens with one attached hydrogen (secondary N) is 2. The van der Waals surface area contributed by atoms with Gasteiger partial charge in [-0.2, -0.15) is 4.37 Å². The van der Waals surface area contributed by atoms with Gasteiger partial charge in [0.25, 0.3) is 0 Å². The van der Waals surface area contributed by atoms with Gasteiger partial charge in [0.1, 0.15) is 17.2 Å². The first-order chi connectivity index (χ1) is 16.9. The second-order valence-electron chi connectivity index (χ2n) is 9.09. The lowest BCUT2D eigenvalue weighted by molar-refractivity contribution is -0.118. The lowest BCUT2D eigenvalue weighted by atomic mass is 9.74. The van der Waals surface area contributed by atoms with E-state index in [1.54, 1.807) is 6.92 Å². The molecule has 2 aromatic carbocycles. The molecule has 0 spiro atoms. The van der Waals surface area contributed by atoms with E-state index in [-0.39, 0.29) is 35.4 Å². The summed E-state index contributed by atoms with van der Waals surface area (Å²) in [7, 11) is 0. The highest BCUT2D eigenvalue weighted by atomic mass is 32.1. The topological polar surface area (TPSA) is 118 Å². The van der Waals surface area contributed by atoms with E-state index in [9.17, 15) is 19.5 Å². The second kappa shape index (κ2) is 9.14. The van der Waals surface area contributed by atoms with Crippen molar-refractivity contribution < 1.29 is 24.2 Å². The Hall–Kier alpha value is -3.72. The second-order valence-corrected chi connectivity index (χ2v) is 9.86. The zero-order chi connectivity index (χ0) is 24.6. The van der Waals surface area contributed by atoms with Crippen molar-refractivity contribution in [2.75, 3.05) is 11.9 Å². The van der Waals surface area contributed by atoms with Crippen LogP contribution in [0.2, 0.25) is 0 Å². The molecule has 1 saturated carbocycles. The third-order valence-electron chi connectivity index (χ3n) is 6.85. The fourth-order valence-electron chi connectivity index (χ4n) is 4.99. The smallest absolute Gasteiger partial charge is 0.407 e. The van der Waals surface area contributed by atoms with Crippen molar-refractivity contribution in [3.8, 4) is 11.1 Å². The number of carboxylic acids is 1. The molecule has 2 amide bonds. The van der Waals surface area contributed by atoms with Crippen LogP contribution in [0.3, 0.4) is 0 Å². The molecule has 3 N–H and O–H groups in total. The molecule has 1 fully saturated rings. The van der Waals surface area contributed by atoms with Crippen LogP contribution in [0.1, 0.15) is 58.8 Å². The first-order valence-electron chi connectivity index (χ1n) is 11.5. The zero-order valence-corrected chi connectivity index (χ0v) is 20.0. The van der Waals surface area contributed by atoms with E-state index >= 15 is 0 Å². The molecule has 0 unspecified atom stereocenters. The summed E-state index contributed by atoms with van der Waals surface area (Å²) >= 11 is 0.935. The molecule has 3 aromatic rings. The third-order valence-corrected chi connectivity index (χ3v) is 7.70. The maximum atomic E-state index is 12.8. The lowest BCUT2D eigenvalue weighted by Crippen LogP contribution is -2.55. The average molecular weight is 492 g/mol. The quantitative estimate of drug-likeness (QED) is 0.431. The molecule has 5 rings (SSSR count). The summed E-state index contributed by atoms with van der Waals surface area (Å²) in [6.07, 6.45) is 1.67.